The fourth-order valence-corrected chi connectivity index (χ4v) is 2.26. The molecule has 1 aromatic carbocycles. The Morgan fingerprint density at radius 3 is 3.06 bits per heavy atom. The molecule has 1 heterocycles. The Morgan fingerprint density at radius 1 is 1.44 bits per heavy atom. The number of benzene rings is 1. The van der Waals surface area contributed by atoms with Crippen LogP contribution in [0.5, 0.6) is 0 Å². The molecule has 1 aromatic heterocycles. The molecule has 5 heteroatoms. The molecule has 0 bridgehead atoms. The minimum absolute atomic E-state index is 0.0232. The summed E-state index contributed by atoms with van der Waals surface area (Å²) in [7, 11) is 0. The largest absolute Gasteiger partial charge is 0.382 e. The van der Waals surface area contributed by atoms with E-state index < -0.39 is 0 Å². The van der Waals surface area contributed by atoms with Crippen molar-refractivity contribution < 1.29 is 4.74 Å². The molecule has 2 rings (SSSR count). The van der Waals surface area contributed by atoms with E-state index in [2.05, 4.69) is 27.6 Å². The van der Waals surface area contributed by atoms with Gasteiger partial charge in [-0.2, -0.15) is 0 Å². The minimum atomic E-state index is 0.0232. The van der Waals surface area contributed by atoms with Crippen molar-refractivity contribution >= 4 is 33.5 Å². The van der Waals surface area contributed by atoms with E-state index in [1.165, 1.54) is 0 Å². The number of halogens is 1. The fraction of sp³-hybridized carbons (Fsp3) is 0.385. The van der Waals surface area contributed by atoms with Gasteiger partial charge in [0.1, 0.15) is 0 Å². The van der Waals surface area contributed by atoms with Gasteiger partial charge in [0, 0.05) is 23.3 Å². The molecular formula is C13H15IN2O2. The molecule has 0 radical (unpaired) electrons. The molecule has 2 aromatic rings. The summed E-state index contributed by atoms with van der Waals surface area (Å²) in [5.41, 5.74) is 0.775. The molecule has 0 aliphatic carbocycles. The first-order valence-electron chi connectivity index (χ1n) is 5.95. The average molecular weight is 358 g/mol. The van der Waals surface area contributed by atoms with E-state index in [0.717, 1.165) is 15.5 Å². The van der Waals surface area contributed by atoms with Crippen molar-refractivity contribution in [1.29, 1.82) is 0 Å². The second-order valence-corrected chi connectivity index (χ2v) is 5.20. The second-order valence-electron chi connectivity index (χ2n) is 3.96. The zero-order chi connectivity index (χ0) is 13.0. The van der Waals surface area contributed by atoms with Crippen molar-refractivity contribution in [3.63, 3.8) is 0 Å². The number of hydrogen-bond acceptors (Lipinski definition) is 3. The second kappa shape index (κ2) is 6.29. The lowest BCUT2D eigenvalue weighted by Crippen LogP contribution is -2.21. The molecule has 4 nitrogen and oxygen atoms in total. The molecule has 0 fully saturated rings. The van der Waals surface area contributed by atoms with Crippen LogP contribution in [0.2, 0.25) is 0 Å². The summed E-state index contributed by atoms with van der Waals surface area (Å²) < 4.78 is 7.96. The lowest BCUT2D eigenvalue weighted by Gasteiger charge is -2.06. The van der Waals surface area contributed by atoms with Crippen molar-refractivity contribution in [1.82, 2.24) is 9.55 Å². The molecule has 96 valence electrons. The number of hydrogen-bond donors (Lipinski definition) is 0. The highest BCUT2D eigenvalue weighted by molar-refractivity contribution is 14.1. The van der Waals surface area contributed by atoms with E-state index in [4.69, 9.17) is 4.74 Å². The van der Waals surface area contributed by atoms with Gasteiger partial charge < -0.3 is 4.74 Å². The van der Waals surface area contributed by atoms with Crippen molar-refractivity contribution in [3.05, 3.63) is 38.5 Å². The van der Waals surface area contributed by atoms with Crippen LogP contribution in [0.4, 0.5) is 0 Å². The zero-order valence-electron chi connectivity index (χ0n) is 10.2. The van der Waals surface area contributed by atoms with Gasteiger partial charge in [-0.25, -0.2) is 4.98 Å². The van der Waals surface area contributed by atoms with Crippen LogP contribution in [0, 0.1) is 3.57 Å². The van der Waals surface area contributed by atoms with Gasteiger partial charge >= 0.3 is 0 Å². The molecule has 0 saturated carbocycles. The van der Waals surface area contributed by atoms with Crippen LogP contribution in [-0.2, 0) is 11.3 Å². The molecule has 0 atom stereocenters. The van der Waals surface area contributed by atoms with E-state index in [-0.39, 0.29) is 5.56 Å². The summed E-state index contributed by atoms with van der Waals surface area (Å²) in [5, 5.41) is 0.681. The Bertz CT molecular complexity index is 595. The van der Waals surface area contributed by atoms with Gasteiger partial charge in [-0.05, 0) is 54.1 Å². The van der Waals surface area contributed by atoms with Crippen molar-refractivity contribution in [2.24, 2.45) is 0 Å². The highest BCUT2D eigenvalue weighted by Crippen LogP contribution is 2.11. The quantitative estimate of drug-likeness (QED) is 0.609. The third-order valence-corrected chi connectivity index (χ3v) is 3.35. The summed E-state index contributed by atoms with van der Waals surface area (Å²) in [4.78, 5) is 16.5. The molecule has 0 unspecified atom stereocenters. The fourth-order valence-electron chi connectivity index (χ4n) is 1.77. The minimum Gasteiger partial charge on any atom is -0.382 e. The van der Waals surface area contributed by atoms with Crippen LogP contribution >= 0.6 is 22.6 Å². The summed E-state index contributed by atoms with van der Waals surface area (Å²) in [6.07, 6.45) is 2.44. The summed E-state index contributed by atoms with van der Waals surface area (Å²) in [6, 6.07) is 5.71. The smallest absolute Gasteiger partial charge is 0.261 e. The molecular weight excluding hydrogens is 343 g/mol. The van der Waals surface area contributed by atoms with Crippen LogP contribution in [-0.4, -0.2) is 22.8 Å². The number of aromatic nitrogens is 2. The maximum atomic E-state index is 12.2. The van der Waals surface area contributed by atoms with Crippen LogP contribution < -0.4 is 5.56 Å². The maximum Gasteiger partial charge on any atom is 0.261 e. The first-order chi connectivity index (χ1) is 8.72. The standard InChI is InChI=1S/C13H15IN2O2/c1-2-18-7-3-6-16-9-15-12-5-4-10(14)8-11(12)13(16)17/h4-5,8-9H,2-3,6-7H2,1H3. The highest BCUT2D eigenvalue weighted by atomic mass is 127. The molecule has 0 aliphatic heterocycles. The summed E-state index contributed by atoms with van der Waals surface area (Å²) in [6.45, 7) is 4.00. The van der Waals surface area contributed by atoms with Crippen LogP contribution in [0.3, 0.4) is 0 Å². The lowest BCUT2D eigenvalue weighted by molar-refractivity contribution is 0.141. The highest BCUT2D eigenvalue weighted by Gasteiger charge is 2.04. The van der Waals surface area contributed by atoms with E-state index >= 15 is 0 Å². The van der Waals surface area contributed by atoms with Crippen LogP contribution in [0.25, 0.3) is 10.9 Å². The van der Waals surface area contributed by atoms with Gasteiger partial charge in [0.15, 0.2) is 0 Å². The number of ether oxygens (including phenoxy) is 1. The number of rotatable bonds is 5. The van der Waals surface area contributed by atoms with Gasteiger partial charge in [0.05, 0.1) is 17.2 Å². The Hall–Kier alpha value is -0.950. The number of fused-ring (bicyclic) bond motifs is 1. The molecule has 0 saturated heterocycles. The predicted molar refractivity (Wildman–Crippen MR) is 79.8 cm³/mol. The van der Waals surface area contributed by atoms with Gasteiger partial charge in [-0.1, -0.05) is 0 Å². The van der Waals surface area contributed by atoms with Gasteiger partial charge in [0.2, 0.25) is 0 Å². The Kier molecular flexibility index (Phi) is 4.71. The van der Waals surface area contributed by atoms with Gasteiger partial charge in [-0.3, -0.25) is 9.36 Å². The first kappa shape index (κ1) is 13.5. The normalized spacial score (nSPS) is 11.0. The van der Waals surface area contributed by atoms with Crippen molar-refractivity contribution in [2.75, 3.05) is 13.2 Å². The van der Waals surface area contributed by atoms with Gasteiger partial charge in [0.25, 0.3) is 5.56 Å². The third kappa shape index (κ3) is 3.08. The van der Waals surface area contributed by atoms with Crippen molar-refractivity contribution in [3.8, 4) is 0 Å². The topological polar surface area (TPSA) is 44.1 Å². The van der Waals surface area contributed by atoms with E-state index in [0.29, 0.717) is 25.1 Å². The average Bonchev–Trinajstić information content (AvgIpc) is 2.38. The molecule has 0 N–H and O–H groups in total. The van der Waals surface area contributed by atoms with E-state index in [9.17, 15) is 4.79 Å². The van der Waals surface area contributed by atoms with Crippen LogP contribution in [0.1, 0.15) is 13.3 Å². The molecule has 0 spiro atoms. The number of aryl methyl sites for hydroxylation is 1. The van der Waals surface area contributed by atoms with Crippen LogP contribution in [0.15, 0.2) is 29.3 Å². The van der Waals surface area contributed by atoms with E-state index in [1.54, 1.807) is 10.9 Å². The zero-order valence-corrected chi connectivity index (χ0v) is 12.4. The molecule has 0 amide bonds. The Balaban J connectivity index is 2.24. The Labute approximate surface area is 119 Å². The number of nitrogens with zero attached hydrogens (tertiary/aromatic N) is 2. The third-order valence-electron chi connectivity index (χ3n) is 2.68. The maximum absolute atomic E-state index is 12.2. The molecule has 18 heavy (non-hydrogen) atoms. The monoisotopic (exact) mass is 358 g/mol. The molecule has 0 aliphatic rings. The lowest BCUT2D eigenvalue weighted by atomic mass is 10.2. The predicted octanol–water partition coefficient (Wildman–Crippen LogP) is 2.43. The van der Waals surface area contributed by atoms with E-state index in [1.807, 2.05) is 25.1 Å². The summed E-state index contributed by atoms with van der Waals surface area (Å²) >= 11 is 2.20. The van der Waals surface area contributed by atoms with Gasteiger partial charge in [-0.15, -0.1) is 0 Å². The Morgan fingerprint density at radius 2 is 2.28 bits per heavy atom. The first-order valence-corrected chi connectivity index (χ1v) is 7.02. The van der Waals surface area contributed by atoms with Crippen molar-refractivity contribution in [2.45, 2.75) is 19.9 Å². The summed E-state index contributed by atoms with van der Waals surface area (Å²) in [5.74, 6) is 0. The SMILES string of the molecule is CCOCCCn1cnc2ccc(I)cc2c1=O.